The van der Waals surface area contributed by atoms with Crippen LogP contribution in [0, 0.1) is 0 Å². The lowest BCUT2D eigenvalue weighted by Crippen LogP contribution is -2.37. The van der Waals surface area contributed by atoms with Gasteiger partial charge >= 0.3 is 0 Å². The normalized spacial score (nSPS) is 31.5. The molecule has 0 aliphatic heterocycles. The van der Waals surface area contributed by atoms with E-state index in [0.29, 0.717) is 3.92 Å². The van der Waals surface area contributed by atoms with Gasteiger partial charge in [0.05, 0.1) is 0 Å². The van der Waals surface area contributed by atoms with Crippen LogP contribution in [-0.2, 0) is 0 Å². The van der Waals surface area contributed by atoms with Crippen LogP contribution in [0.15, 0.2) is 12.2 Å². The van der Waals surface area contributed by atoms with E-state index in [-0.39, 0.29) is 11.3 Å². The summed E-state index contributed by atoms with van der Waals surface area (Å²) >= 11 is 6.09. The Bertz CT molecular complexity index is 208. The van der Waals surface area contributed by atoms with Crippen molar-refractivity contribution in [1.82, 2.24) is 5.32 Å². The third kappa shape index (κ3) is 4.35. The van der Waals surface area contributed by atoms with Crippen molar-refractivity contribution in [3.05, 3.63) is 12.2 Å². The Labute approximate surface area is 98.1 Å². The summed E-state index contributed by atoms with van der Waals surface area (Å²) in [5.74, 6) is 0. The maximum atomic E-state index is 10.8. The minimum absolute atomic E-state index is 0.222. The second kappa shape index (κ2) is 5.90. The first-order valence-electron chi connectivity index (χ1n) is 4.50. The molecule has 1 rings (SSSR count). The van der Waals surface area contributed by atoms with Gasteiger partial charge in [-0.25, -0.2) is 0 Å². The lowest BCUT2D eigenvalue weighted by Gasteiger charge is -2.22. The first-order chi connectivity index (χ1) is 6.20. The number of carbonyl (C=O) groups is 1. The van der Waals surface area contributed by atoms with E-state index >= 15 is 0 Å². The smallest absolute Gasteiger partial charge is 0.276 e. The van der Waals surface area contributed by atoms with Gasteiger partial charge in [-0.15, -0.1) is 0 Å². The number of rotatable bonds is 1. The minimum atomic E-state index is -0.222. The summed E-state index contributed by atoms with van der Waals surface area (Å²) in [6, 6.07) is 0.252. The molecule has 74 valence electrons. The number of halogens is 1. The van der Waals surface area contributed by atoms with Gasteiger partial charge in [-0.2, -0.15) is 0 Å². The van der Waals surface area contributed by atoms with Gasteiger partial charge < -0.3 is 5.32 Å². The third-order valence-electron chi connectivity index (χ3n) is 2.15. The van der Waals surface area contributed by atoms with E-state index in [2.05, 4.69) is 52.7 Å². The number of hydrogen-bond donors (Lipinski definition) is 2. The number of thiol groups is 1. The highest BCUT2D eigenvalue weighted by Crippen LogP contribution is 2.18. The van der Waals surface area contributed by atoms with Gasteiger partial charge in [0.2, 0.25) is 0 Å². The van der Waals surface area contributed by atoms with Crippen LogP contribution in [0.2, 0.25) is 0 Å². The van der Waals surface area contributed by atoms with Crippen LogP contribution < -0.4 is 5.32 Å². The van der Waals surface area contributed by atoms with Gasteiger partial charge in [-0.3, -0.25) is 4.79 Å². The lowest BCUT2D eigenvalue weighted by molar-refractivity contribution is 0.257. The molecule has 0 saturated heterocycles. The Morgan fingerprint density at radius 2 is 2.31 bits per heavy atom. The second-order valence-corrected chi connectivity index (χ2v) is 5.06. The highest BCUT2D eigenvalue weighted by Gasteiger charge is 2.18. The molecular formula is C9H14INOS. The van der Waals surface area contributed by atoms with Crippen molar-refractivity contribution >= 4 is 40.5 Å². The Morgan fingerprint density at radius 1 is 1.54 bits per heavy atom. The van der Waals surface area contributed by atoms with Crippen LogP contribution in [0.4, 0.5) is 4.79 Å². The summed E-state index contributed by atoms with van der Waals surface area (Å²) in [4.78, 5) is 10.8. The molecule has 0 saturated carbocycles. The predicted molar refractivity (Wildman–Crippen MR) is 66.7 cm³/mol. The first-order valence-corrected chi connectivity index (χ1v) is 6.19. The molecule has 2 nitrogen and oxygen atoms in total. The number of carbonyl (C=O) groups excluding carboxylic acids is 1. The molecule has 0 aromatic rings. The van der Waals surface area contributed by atoms with Crippen molar-refractivity contribution in [3.8, 4) is 0 Å². The predicted octanol–water partition coefficient (Wildman–Crippen LogP) is 2.93. The molecule has 0 radical (unpaired) electrons. The lowest BCUT2D eigenvalue weighted by atomic mass is 10.0. The Morgan fingerprint density at radius 3 is 3.00 bits per heavy atom. The minimum Gasteiger partial charge on any atom is -0.343 e. The highest BCUT2D eigenvalue weighted by molar-refractivity contribution is 14.1. The van der Waals surface area contributed by atoms with Crippen LogP contribution in [0.1, 0.15) is 25.7 Å². The van der Waals surface area contributed by atoms with Crippen LogP contribution in [-0.4, -0.2) is 15.2 Å². The van der Waals surface area contributed by atoms with Gasteiger partial charge in [0.25, 0.3) is 5.24 Å². The molecule has 1 amide bonds. The van der Waals surface area contributed by atoms with E-state index in [0.717, 1.165) is 6.42 Å². The van der Waals surface area contributed by atoms with E-state index in [1.807, 2.05) is 0 Å². The van der Waals surface area contributed by atoms with Crippen molar-refractivity contribution in [1.29, 1.82) is 0 Å². The summed E-state index contributed by atoms with van der Waals surface area (Å²) in [5, 5.41) is 2.64. The average Bonchev–Trinajstić information content (AvgIpc) is 2.04. The molecule has 13 heavy (non-hydrogen) atoms. The van der Waals surface area contributed by atoms with Gasteiger partial charge in [0, 0.05) is 9.97 Å². The number of hydrogen-bond acceptors (Lipinski definition) is 1. The summed E-state index contributed by atoms with van der Waals surface area (Å²) < 4.78 is 0.397. The van der Waals surface area contributed by atoms with E-state index in [4.69, 9.17) is 0 Å². The monoisotopic (exact) mass is 311 g/mol. The fraction of sp³-hybridized carbons (Fsp3) is 0.667. The number of nitrogens with one attached hydrogen (secondary N) is 1. The molecular weight excluding hydrogens is 297 g/mol. The standard InChI is InChI=1S/C9H14INOS/c10-7-5-3-1-2-4-6-8(7)11-9(12)13/h3,5,7-8H,1-2,4,6H2,(H2,11,12,13)/b5-3+/t7?,8-/m1/s1. The zero-order chi connectivity index (χ0) is 9.68. The van der Waals surface area contributed by atoms with Gasteiger partial charge in [0.15, 0.2) is 0 Å². The molecule has 0 bridgehead atoms. The first kappa shape index (κ1) is 11.4. The summed E-state index contributed by atoms with van der Waals surface area (Å²) in [5.41, 5.74) is 0. The number of allylic oxidation sites excluding steroid dienone is 1. The summed E-state index contributed by atoms with van der Waals surface area (Å²) in [6.45, 7) is 0. The molecule has 0 fully saturated rings. The van der Waals surface area contributed by atoms with Crippen LogP contribution in [0.25, 0.3) is 0 Å². The van der Waals surface area contributed by atoms with E-state index in [1.54, 1.807) is 0 Å². The zero-order valence-corrected chi connectivity index (χ0v) is 10.4. The molecule has 2 atom stereocenters. The van der Waals surface area contributed by atoms with Crippen molar-refractivity contribution in [2.75, 3.05) is 0 Å². The molecule has 1 N–H and O–H groups in total. The summed E-state index contributed by atoms with van der Waals surface area (Å²) in [7, 11) is 0. The van der Waals surface area contributed by atoms with E-state index < -0.39 is 0 Å². The molecule has 4 heteroatoms. The highest BCUT2D eigenvalue weighted by atomic mass is 127. The van der Waals surface area contributed by atoms with Gasteiger partial charge in [-0.1, -0.05) is 53.8 Å². The number of amides is 1. The molecule has 1 unspecified atom stereocenters. The van der Waals surface area contributed by atoms with Crippen LogP contribution in [0.3, 0.4) is 0 Å². The topological polar surface area (TPSA) is 29.1 Å². The SMILES string of the molecule is O=C(S)N[C@@H]1CCCC/C=C/C1I. The molecule has 1 aliphatic rings. The maximum absolute atomic E-state index is 10.8. The molecule has 0 spiro atoms. The Balaban J connectivity index is 2.52. The fourth-order valence-corrected chi connectivity index (χ4v) is 2.46. The van der Waals surface area contributed by atoms with Gasteiger partial charge in [-0.05, 0) is 19.3 Å². The largest absolute Gasteiger partial charge is 0.343 e. The molecule has 0 aromatic heterocycles. The van der Waals surface area contributed by atoms with E-state index in [1.165, 1.54) is 19.3 Å². The van der Waals surface area contributed by atoms with Crippen molar-refractivity contribution < 1.29 is 4.79 Å². The Kier molecular flexibility index (Phi) is 5.16. The van der Waals surface area contributed by atoms with Crippen molar-refractivity contribution in [2.45, 2.75) is 35.6 Å². The van der Waals surface area contributed by atoms with Crippen molar-refractivity contribution in [2.24, 2.45) is 0 Å². The average molecular weight is 311 g/mol. The maximum Gasteiger partial charge on any atom is 0.276 e. The third-order valence-corrected chi connectivity index (χ3v) is 3.56. The number of alkyl halides is 1. The van der Waals surface area contributed by atoms with Crippen LogP contribution in [0.5, 0.6) is 0 Å². The van der Waals surface area contributed by atoms with Crippen molar-refractivity contribution in [3.63, 3.8) is 0 Å². The fourth-order valence-electron chi connectivity index (χ4n) is 1.46. The second-order valence-electron chi connectivity index (χ2n) is 3.21. The van der Waals surface area contributed by atoms with Gasteiger partial charge in [0.1, 0.15) is 0 Å². The molecule has 1 aliphatic carbocycles. The van der Waals surface area contributed by atoms with Crippen LogP contribution >= 0.6 is 35.2 Å². The van der Waals surface area contributed by atoms with E-state index in [9.17, 15) is 4.79 Å². The quantitative estimate of drug-likeness (QED) is 0.331. The molecule has 0 aromatic carbocycles. The molecule has 0 heterocycles. The zero-order valence-electron chi connectivity index (χ0n) is 7.37. The summed E-state index contributed by atoms with van der Waals surface area (Å²) in [6.07, 6.45) is 9.01. The Hall–Kier alpha value is 0.290.